The van der Waals surface area contributed by atoms with E-state index in [0.29, 0.717) is 45.2 Å². The maximum Gasteiger partial charge on any atom is 0.243 e. The highest BCUT2D eigenvalue weighted by atomic mass is 16.2. The van der Waals surface area contributed by atoms with Crippen LogP contribution in [-0.4, -0.2) is 58.6 Å². The summed E-state index contributed by atoms with van der Waals surface area (Å²) in [5, 5.41) is 3.10. The van der Waals surface area contributed by atoms with Gasteiger partial charge in [-0.3, -0.25) is 24.1 Å². The first-order valence-electron chi connectivity index (χ1n) is 12.4. The average Bonchev–Trinajstić information content (AvgIpc) is 3.03. The molecule has 7 heteroatoms. The van der Waals surface area contributed by atoms with E-state index in [1.165, 1.54) is 4.90 Å². The number of hydrogen-bond acceptors (Lipinski definition) is 4. The van der Waals surface area contributed by atoms with E-state index in [2.05, 4.69) is 5.32 Å². The number of likely N-dealkylation sites (tertiary alicyclic amines) is 2. The van der Waals surface area contributed by atoms with Gasteiger partial charge in [0.05, 0.1) is 11.8 Å². The number of imide groups is 1. The lowest BCUT2D eigenvalue weighted by Gasteiger charge is -2.35. The molecule has 7 nitrogen and oxygen atoms in total. The Hall–Kier alpha value is -2.18. The lowest BCUT2D eigenvalue weighted by molar-refractivity contribution is -0.149. The van der Waals surface area contributed by atoms with Gasteiger partial charge in [-0.2, -0.15) is 0 Å². The number of carbonyl (C=O) groups excluding carboxylic acids is 4. The summed E-state index contributed by atoms with van der Waals surface area (Å²) in [5.41, 5.74) is 0. The molecule has 4 amide bonds. The van der Waals surface area contributed by atoms with Gasteiger partial charge in [-0.25, -0.2) is 0 Å². The molecule has 2 heterocycles. The van der Waals surface area contributed by atoms with Crippen molar-refractivity contribution in [3.05, 3.63) is 12.2 Å². The van der Waals surface area contributed by atoms with Gasteiger partial charge < -0.3 is 10.2 Å². The zero-order chi connectivity index (χ0) is 23.4. The Bertz CT molecular complexity index is 724. The number of nitrogens with zero attached hydrogens (tertiary/aromatic N) is 2. The van der Waals surface area contributed by atoms with Gasteiger partial charge in [0, 0.05) is 25.0 Å². The molecule has 3 unspecified atom stereocenters. The summed E-state index contributed by atoms with van der Waals surface area (Å²) < 4.78 is 0. The number of piperidine rings is 1. The fourth-order valence-electron chi connectivity index (χ4n) is 5.35. The van der Waals surface area contributed by atoms with E-state index >= 15 is 0 Å². The number of rotatable bonds is 8. The third kappa shape index (κ3) is 5.07. The van der Waals surface area contributed by atoms with E-state index in [1.807, 2.05) is 44.7 Å². The summed E-state index contributed by atoms with van der Waals surface area (Å²) in [5.74, 6) is -0.831. The van der Waals surface area contributed by atoms with E-state index in [1.54, 1.807) is 0 Å². The number of amides is 4. The molecule has 32 heavy (non-hydrogen) atoms. The van der Waals surface area contributed by atoms with Crippen molar-refractivity contribution >= 4 is 23.6 Å². The molecule has 1 N–H and O–H groups in total. The van der Waals surface area contributed by atoms with Gasteiger partial charge >= 0.3 is 0 Å². The molecule has 3 aliphatic rings. The Balaban J connectivity index is 1.63. The summed E-state index contributed by atoms with van der Waals surface area (Å²) in [6.45, 7) is 9.35. The van der Waals surface area contributed by atoms with Crippen molar-refractivity contribution in [2.24, 2.45) is 23.7 Å². The third-order valence-corrected chi connectivity index (χ3v) is 7.34. The summed E-state index contributed by atoms with van der Waals surface area (Å²) >= 11 is 0. The second-order valence-corrected chi connectivity index (χ2v) is 9.97. The van der Waals surface area contributed by atoms with Crippen LogP contribution in [-0.2, 0) is 19.2 Å². The SMILES string of the molecule is CCC(CC)C(=O)N1CCC(NC(=O)C(CC(C)C)N2C(=O)C3CC=CCC3C2=O)CC1. The zero-order valence-corrected chi connectivity index (χ0v) is 20.0. The molecular formula is C25H39N3O4. The van der Waals surface area contributed by atoms with Crippen LogP contribution in [0.1, 0.15) is 72.6 Å². The number of carbonyl (C=O) groups is 4. The minimum atomic E-state index is -0.759. The first-order chi connectivity index (χ1) is 15.3. The van der Waals surface area contributed by atoms with Crippen LogP contribution in [0, 0.1) is 23.7 Å². The predicted octanol–water partition coefficient (Wildman–Crippen LogP) is 2.90. The van der Waals surface area contributed by atoms with Crippen molar-refractivity contribution in [2.45, 2.75) is 84.7 Å². The smallest absolute Gasteiger partial charge is 0.243 e. The van der Waals surface area contributed by atoms with Gasteiger partial charge in [0.15, 0.2) is 0 Å². The van der Waals surface area contributed by atoms with Crippen molar-refractivity contribution in [3.8, 4) is 0 Å². The summed E-state index contributed by atoms with van der Waals surface area (Å²) in [6, 6.07) is -0.801. The highest BCUT2D eigenvalue weighted by Crippen LogP contribution is 2.37. The molecule has 0 spiro atoms. The normalized spacial score (nSPS) is 24.9. The maximum atomic E-state index is 13.3. The monoisotopic (exact) mass is 445 g/mol. The van der Waals surface area contributed by atoms with Gasteiger partial charge in [0.25, 0.3) is 0 Å². The fraction of sp³-hybridized carbons (Fsp3) is 0.760. The molecule has 0 bridgehead atoms. The highest BCUT2D eigenvalue weighted by molar-refractivity contribution is 6.08. The van der Waals surface area contributed by atoms with Crippen molar-refractivity contribution in [2.75, 3.05) is 13.1 Å². The molecular weight excluding hydrogens is 406 g/mol. The highest BCUT2D eigenvalue weighted by Gasteiger charge is 2.51. The van der Waals surface area contributed by atoms with Crippen LogP contribution in [0.2, 0.25) is 0 Å². The zero-order valence-electron chi connectivity index (χ0n) is 20.0. The second-order valence-electron chi connectivity index (χ2n) is 9.97. The summed E-state index contributed by atoms with van der Waals surface area (Å²) in [4.78, 5) is 55.2. The van der Waals surface area contributed by atoms with E-state index in [0.717, 1.165) is 12.8 Å². The van der Waals surface area contributed by atoms with Crippen LogP contribution in [0.25, 0.3) is 0 Å². The largest absolute Gasteiger partial charge is 0.351 e. The maximum absolute atomic E-state index is 13.3. The molecule has 0 saturated carbocycles. The molecule has 0 aromatic rings. The van der Waals surface area contributed by atoms with Gasteiger partial charge in [-0.1, -0.05) is 39.8 Å². The Morgan fingerprint density at radius 2 is 1.53 bits per heavy atom. The average molecular weight is 446 g/mol. The molecule has 0 radical (unpaired) electrons. The number of hydrogen-bond donors (Lipinski definition) is 1. The Kier molecular flexibility index (Phi) is 8.12. The van der Waals surface area contributed by atoms with Crippen LogP contribution >= 0.6 is 0 Å². The van der Waals surface area contributed by atoms with Crippen molar-refractivity contribution < 1.29 is 19.2 Å². The van der Waals surface area contributed by atoms with E-state index in [-0.39, 0.29) is 53.3 Å². The Labute approximate surface area is 192 Å². The molecule has 3 atom stereocenters. The minimum absolute atomic E-state index is 0.0420. The molecule has 178 valence electrons. The van der Waals surface area contributed by atoms with E-state index < -0.39 is 6.04 Å². The number of allylic oxidation sites excluding steroid dienone is 2. The lowest BCUT2D eigenvalue weighted by atomic mass is 9.85. The van der Waals surface area contributed by atoms with Gasteiger partial charge in [-0.15, -0.1) is 0 Å². The summed E-state index contributed by atoms with van der Waals surface area (Å²) in [6.07, 6.45) is 8.62. The van der Waals surface area contributed by atoms with Crippen LogP contribution in [0.3, 0.4) is 0 Å². The fourth-order valence-corrected chi connectivity index (χ4v) is 5.35. The minimum Gasteiger partial charge on any atom is -0.351 e. The topological polar surface area (TPSA) is 86.8 Å². The first-order valence-corrected chi connectivity index (χ1v) is 12.4. The van der Waals surface area contributed by atoms with Crippen LogP contribution in [0.5, 0.6) is 0 Å². The predicted molar refractivity (Wildman–Crippen MR) is 122 cm³/mol. The van der Waals surface area contributed by atoms with Gasteiger partial charge in [0.2, 0.25) is 23.6 Å². The molecule has 1 aliphatic carbocycles. The van der Waals surface area contributed by atoms with Crippen molar-refractivity contribution in [1.29, 1.82) is 0 Å². The second kappa shape index (κ2) is 10.6. The standard InChI is InChI=1S/C25H39N3O4/c1-5-17(6-2)23(30)27-13-11-18(12-14-27)26-22(29)21(15-16(3)4)28-24(31)19-9-7-8-10-20(19)25(28)32/h7-8,16-21H,5-6,9-15H2,1-4H3,(H,26,29). The van der Waals surface area contributed by atoms with Gasteiger partial charge in [0.1, 0.15) is 6.04 Å². The summed E-state index contributed by atoms with van der Waals surface area (Å²) in [7, 11) is 0. The van der Waals surface area contributed by atoms with Crippen LogP contribution < -0.4 is 5.32 Å². The lowest BCUT2D eigenvalue weighted by Crippen LogP contribution is -2.55. The third-order valence-electron chi connectivity index (χ3n) is 7.34. The molecule has 2 aliphatic heterocycles. The Morgan fingerprint density at radius 1 is 1.00 bits per heavy atom. The first kappa shape index (κ1) is 24.5. The van der Waals surface area contributed by atoms with Crippen molar-refractivity contribution in [3.63, 3.8) is 0 Å². The number of fused-ring (bicyclic) bond motifs is 1. The molecule has 3 rings (SSSR count). The Morgan fingerprint density at radius 3 is 2.00 bits per heavy atom. The van der Waals surface area contributed by atoms with Crippen LogP contribution in [0.4, 0.5) is 0 Å². The number of nitrogens with one attached hydrogen (secondary N) is 1. The molecule has 0 aromatic heterocycles. The van der Waals surface area contributed by atoms with E-state index in [9.17, 15) is 19.2 Å². The van der Waals surface area contributed by atoms with Crippen LogP contribution in [0.15, 0.2) is 12.2 Å². The quantitative estimate of drug-likeness (QED) is 0.460. The van der Waals surface area contributed by atoms with E-state index in [4.69, 9.17) is 0 Å². The molecule has 0 aromatic carbocycles. The van der Waals surface area contributed by atoms with Crippen molar-refractivity contribution in [1.82, 2.24) is 15.1 Å². The molecule has 2 fully saturated rings. The van der Waals surface area contributed by atoms with Gasteiger partial charge in [-0.05, 0) is 50.9 Å². The molecule has 2 saturated heterocycles.